The van der Waals surface area contributed by atoms with Gasteiger partial charge in [-0.3, -0.25) is 9.59 Å². The fraction of sp³-hybridized carbons (Fsp3) is 0.471. The van der Waals surface area contributed by atoms with Crippen LogP contribution >= 0.6 is 0 Å². The second kappa shape index (κ2) is 10.3. The molecule has 0 unspecified atom stereocenters. The molecular formula is C17H27N5O2. The smallest absolute Gasteiger partial charge is 0.253 e. The molecule has 0 aromatic heterocycles. The van der Waals surface area contributed by atoms with Gasteiger partial charge in [0.1, 0.15) is 0 Å². The zero-order valence-corrected chi connectivity index (χ0v) is 14.8. The molecule has 0 spiro atoms. The Morgan fingerprint density at radius 2 is 1.67 bits per heavy atom. The third kappa shape index (κ3) is 7.13. The molecule has 7 nitrogen and oxygen atoms in total. The van der Waals surface area contributed by atoms with Gasteiger partial charge in [0.15, 0.2) is 5.96 Å². The van der Waals surface area contributed by atoms with Crippen LogP contribution in [0.1, 0.15) is 29.8 Å². The van der Waals surface area contributed by atoms with E-state index in [1.54, 1.807) is 19.0 Å². The number of guanidine groups is 1. The van der Waals surface area contributed by atoms with Crippen LogP contribution in [0.3, 0.4) is 0 Å². The van der Waals surface area contributed by atoms with Gasteiger partial charge in [-0.25, -0.2) is 4.99 Å². The molecule has 24 heavy (non-hydrogen) atoms. The van der Waals surface area contributed by atoms with Gasteiger partial charge in [-0.2, -0.15) is 0 Å². The lowest BCUT2D eigenvalue weighted by Gasteiger charge is -2.12. The number of rotatable bonds is 7. The largest absolute Gasteiger partial charge is 0.357 e. The van der Waals surface area contributed by atoms with E-state index in [-0.39, 0.29) is 11.8 Å². The zero-order chi connectivity index (χ0) is 17.9. The lowest BCUT2D eigenvalue weighted by molar-refractivity contribution is -0.118. The van der Waals surface area contributed by atoms with Crippen LogP contribution in [0.2, 0.25) is 0 Å². The average Bonchev–Trinajstić information content (AvgIpc) is 2.56. The van der Waals surface area contributed by atoms with E-state index < -0.39 is 0 Å². The summed E-state index contributed by atoms with van der Waals surface area (Å²) >= 11 is 0. The molecule has 1 aromatic rings. The van der Waals surface area contributed by atoms with Crippen molar-refractivity contribution in [2.45, 2.75) is 20.4 Å². The molecule has 3 N–H and O–H groups in total. The van der Waals surface area contributed by atoms with Crippen LogP contribution in [0.5, 0.6) is 0 Å². The van der Waals surface area contributed by atoms with Crippen molar-refractivity contribution in [1.29, 1.82) is 0 Å². The molecule has 1 rings (SSSR count). The number of carbonyl (C=O) groups is 2. The third-order valence-electron chi connectivity index (χ3n) is 3.16. The Balaban J connectivity index is 2.58. The Labute approximate surface area is 143 Å². The maximum Gasteiger partial charge on any atom is 0.253 e. The van der Waals surface area contributed by atoms with Crippen LogP contribution in [-0.2, 0) is 11.3 Å². The van der Waals surface area contributed by atoms with Crippen molar-refractivity contribution in [3.05, 3.63) is 35.4 Å². The molecule has 0 atom stereocenters. The van der Waals surface area contributed by atoms with Gasteiger partial charge in [0.2, 0.25) is 5.91 Å². The highest BCUT2D eigenvalue weighted by Gasteiger charge is 2.07. The number of aliphatic imine (C=N–C) groups is 1. The maximum absolute atomic E-state index is 11.9. The summed E-state index contributed by atoms with van der Waals surface area (Å²) in [6, 6.07) is 7.43. The molecule has 0 radical (unpaired) electrons. The quantitative estimate of drug-likeness (QED) is 0.387. The first-order valence-corrected chi connectivity index (χ1v) is 8.01. The molecule has 0 fully saturated rings. The molecule has 7 heteroatoms. The molecular weight excluding hydrogens is 306 g/mol. The van der Waals surface area contributed by atoms with Gasteiger partial charge >= 0.3 is 0 Å². The van der Waals surface area contributed by atoms with Crippen LogP contribution in [0.15, 0.2) is 29.3 Å². The Bertz CT molecular complexity index is 567. The molecule has 2 amide bonds. The summed E-state index contributed by atoms with van der Waals surface area (Å²) in [4.78, 5) is 28.7. The van der Waals surface area contributed by atoms with E-state index in [1.807, 2.05) is 31.2 Å². The topological polar surface area (TPSA) is 85.8 Å². The maximum atomic E-state index is 11.9. The van der Waals surface area contributed by atoms with Crippen molar-refractivity contribution in [2.75, 3.05) is 33.7 Å². The fourth-order valence-electron chi connectivity index (χ4n) is 1.94. The number of hydrogen-bond donors (Lipinski definition) is 3. The molecule has 0 heterocycles. The Morgan fingerprint density at radius 1 is 1.04 bits per heavy atom. The number of nitrogens with one attached hydrogen (secondary N) is 3. The van der Waals surface area contributed by atoms with E-state index in [0.29, 0.717) is 31.2 Å². The van der Waals surface area contributed by atoms with E-state index in [4.69, 9.17) is 0 Å². The zero-order valence-electron chi connectivity index (χ0n) is 14.8. The second-order valence-corrected chi connectivity index (χ2v) is 5.50. The highest BCUT2D eigenvalue weighted by atomic mass is 16.2. The summed E-state index contributed by atoms with van der Waals surface area (Å²) in [5.41, 5.74) is 1.68. The average molecular weight is 333 g/mol. The summed E-state index contributed by atoms with van der Waals surface area (Å²) in [6.45, 7) is 5.88. The van der Waals surface area contributed by atoms with Crippen LogP contribution in [0, 0.1) is 0 Å². The fourth-order valence-corrected chi connectivity index (χ4v) is 1.94. The summed E-state index contributed by atoms with van der Waals surface area (Å²) in [5.74, 6) is 0.625. The Morgan fingerprint density at radius 3 is 2.21 bits per heavy atom. The summed E-state index contributed by atoms with van der Waals surface area (Å²) in [5, 5.41) is 9.03. The summed E-state index contributed by atoms with van der Waals surface area (Å²) in [7, 11) is 3.46. The van der Waals surface area contributed by atoms with Crippen LogP contribution in [0.4, 0.5) is 0 Å². The van der Waals surface area contributed by atoms with Crippen LogP contribution in [0.25, 0.3) is 0 Å². The predicted molar refractivity (Wildman–Crippen MR) is 96.0 cm³/mol. The lowest BCUT2D eigenvalue weighted by Crippen LogP contribution is -2.41. The minimum absolute atomic E-state index is 0.0157. The van der Waals surface area contributed by atoms with Crippen molar-refractivity contribution in [3.63, 3.8) is 0 Å². The van der Waals surface area contributed by atoms with Gasteiger partial charge in [0.05, 0.1) is 6.54 Å². The minimum Gasteiger partial charge on any atom is -0.357 e. The van der Waals surface area contributed by atoms with Crippen molar-refractivity contribution in [2.24, 2.45) is 4.99 Å². The monoisotopic (exact) mass is 333 g/mol. The number of benzene rings is 1. The van der Waals surface area contributed by atoms with E-state index in [1.165, 1.54) is 6.92 Å². The molecule has 0 aliphatic rings. The minimum atomic E-state index is -0.0499. The van der Waals surface area contributed by atoms with Crippen LogP contribution < -0.4 is 16.0 Å². The Hall–Kier alpha value is -2.57. The lowest BCUT2D eigenvalue weighted by atomic mass is 10.1. The summed E-state index contributed by atoms with van der Waals surface area (Å²) in [6.07, 6.45) is 0. The van der Waals surface area contributed by atoms with Crippen molar-refractivity contribution >= 4 is 17.8 Å². The van der Waals surface area contributed by atoms with Crippen LogP contribution in [-0.4, -0.2) is 56.4 Å². The molecule has 0 bridgehead atoms. The molecule has 132 valence electrons. The predicted octanol–water partition coefficient (Wildman–Crippen LogP) is 0.580. The van der Waals surface area contributed by atoms with E-state index in [9.17, 15) is 9.59 Å². The third-order valence-corrected chi connectivity index (χ3v) is 3.16. The Kier molecular flexibility index (Phi) is 8.32. The number of carbonyl (C=O) groups excluding carboxylic acids is 2. The van der Waals surface area contributed by atoms with Gasteiger partial charge in [-0.05, 0) is 24.6 Å². The van der Waals surface area contributed by atoms with E-state index in [2.05, 4.69) is 20.9 Å². The molecule has 1 aromatic carbocycles. The first-order chi connectivity index (χ1) is 11.4. The number of hydrogen-bond acceptors (Lipinski definition) is 3. The molecule has 0 saturated heterocycles. The molecule has 0 aliphatic carbocycles. The molecule has 0 aliphatic heterocycles. The normalized spacial score (nSPS) is 10.9. The van der Waals surface area contributed by atoms with E-state index in [0.717, 1.165) is 12.1 Å². The second-order valence-electron chi connectivity index (χ2n) is 5.50. The van der Waals surface area contributed by atoms with Crippen molar-refractivity contribution in [1.82, 2.24) is 20.9 Å². The van der Waals surface area contributed by atoms with Gasteiger partial charge in [0.25, 0.3) is 5.91 Å². The van der Waals surface area contributed by atoms with Gasteiger partial charge < -0.3 is 20.9 Å². The van der Waals surface area contributed by atoms with Gasteiger partial charge in [-0.1, -0.05) is 12.1 Å². The van der Waals surface area contributed by atoms with Crippen molar-refractivity contribution in [3.8, 4) is 0 Å². The molecule has 0 saturated carbocycles. The van der Waals surface area contributed by atoms with Gasteiger partial charge in [0, 0.05) is 46.2 Å². The first kappa shape index (κ1) is 19.5. The van der Waals surface area contributed by atoms with E-state index >= 15 is 0 Å². The summed E-state index contributed by atoms with van der Waals surface area (Å²) < 4.78 is 0. The number of nitrogens with zero attached hydrogens (tertiary/aromatic N) is 2. The highest BCUT2D eigenvalue weighted by Crippen LogP contribution is 2.07. The first-order valence-electron chi connectivity index (χ1n) is 8.01. The highest BCUT2D eigenvalue weighted by molar-refractivity contribution is 5.93. The van der Waals surface area contributed by atoms with Crippen molar-refractivity contribution < 1.29 is 9.59 Å². The number of amides is 2. The van der Waals surface area contributed by atoms with Gasteiger partial charge in [-0.15, -0.1) is 0 Å². The standard InChI is InChI=1S/C17H27N5O2/c1-5-18-17(20-11-10-19-13(2)23)21-12-14-6-8-15(9-7-14)16(24)22(3)4/h6-9H,5,10-12H2,1-4H3,(H,19,23)(H2,18,20,21). The SMILES string of the molecule is CCNC(=NCc1ccc(C(=O)N(C)C)cc1)NCCNC(C)=O.